The number of hydrogen-bond acceptors (Lipinski definition) is 3. The van der Waals surface area contributed by atoms with E-state index in [-0.39, 0.29) is 29.3 Å². The first-order chi connectivity index (χ1) is 12.7. The quantitative estimate of drug-likeness (QED) is 0.672. The van der Waals surface area contributed by atoms with Gasteiger partial charge in [-0.05, 0) is 30.7 Å². The van der Waals surface area contributed by atoms with Gasteiger partial charge in [-0.25, -0.2) is 0 Å². The molecule has 0 fully saturated rings. The average Bonchev–Trinajstić information content (AvgIpc) is 2.60. The Morgan fingerprint density at radius 1 is 1.11 bits per heavy atom. The summed E-state index contributed by atoms with van der Waals surface area (Å²) >= 11 is 6.12. The van der Waals surface area contributed by atoms with Gasteiger partial charge in [0.1, 0.15) is 6.54 Å². The zero-order valence-corrected chi connectivity index (χ0v) is 15.2. The summed E-state index contributed by atoms with van der Waals surface area (Å²) < 4.78 is 43.5. The number of alkyl halides is 3. The van der Waals surface area contributed by atoms with Gasteiger partial charge in [0, 0.05) is 0 Å². The third-order valence-corrected chi connectivity index (χ3v) is 3.97. The van der Waals surface area contributed by atoms with Crippen LogP contribution >= 0.6 is 11.6 Å². The standard InChI is InChI=1S/C19H17ClF3NO3/c1-2-27-18(26)12-24(16-9-4-3-8-15(16)20)17(25)11-13-6-5-7-14(10-13)19(21,22)23/h3-10H,2,11-12H2,1H3. The Morgan fingerprint density at radius 2 is 1.81 bits per heavy atom. The topological polar surface area (TPSA) is 46.6 Å². The van der Waals surface area contributed by atoms with Gasteiger partial charge in [0.2, 0.25) is 5.91 Å². The van der Waals surface area contributed by atoms with Crippen molar-refractivity contribution < 1.29 is 27.5 Å². The fourth-order valence-electron chi connectivity index (χ4n) is 2.44. The Kier molecular flexibility index (Phi) is 6.85. The Hall–Kier alpha value is -2.54. The molecule has 0 aliphatic rings. The van der Waals surface area contributed by atoms with Crippen molar-refractivity contribution in [1.82, 2.24) is 0 Å². The van der Waals surface area contributed by atoms with E-state index in [0.29, 0.717) is 0 Å². The molecule has 0 unspecified atom stereocenters. The number of ether oxygens (including phenoxy) is 1. The summed E-state index contributed by atoms with van der Waals surface area (Å²) in [6, 6.07) is 10.9. The largest absolute Gasteiger partial charge is 0.465 e. The number of esters is 1. The van der Waals surface area contributed by atoms with Crippen molar-refractivity contribution in [3.63, 3.8) is 0 Å². The fraction of sp³-hybridized carbons (Fsp3) is 0.263. The molecule has 4 nitrogen and oxygen atoms in total. The fourth-order valence-corrected chi connectivity index (χ4v) is 2.68. The molecule has 0 bridgehead atoms. The van der Waals surface area contributed by atoms with E-state index >= 15 is 0 Å². The SMILES string of the molecule is CCOC(=O)CN(C(=O)Cc1cccc(C(F)(F)F)c1)c1ccccc1Cl. The van der Waals surface area contributed by atoms with E-state index in [0.717, 1.165) is 17.0 Å². The van der Waals surface area contributed by atoms with Crippen LogP contribution in [-0.4, -0.2) is 25.0 Å². The first-order valence-electron chi connectivity index (χ1n) is 8.09. The van der Waals surface area contributed by atoms with Crippen LogP contribution in [0.25, 0.3) is 0 Å². The number of anilines is 1. The van der Waals surface area contributed by atoms with Crippen LogP contribution < -0.4 is 4.90 Å². The lowest BCUT2D eigenvalue weighted by Gasteiger charge is -2.23. The van der Waals surface area contributed by atoms with Gasteiger partial charge in [-0.3, -0.25) is 14.5 Å². The molecule has 0 radical (unpaired) electrons. The van der Waals surface area contributed by atoms with Gasteiger partial charge in [-0.15, -0.1) is 0 Å². The van der Waals surface area contributed by atoms with Gasteiger partial charge in [0.15, 0.2) is 0 Å². The van der Waals surface area contributed by atoms with E-state index in [9.17, 15) is 22.8 Å². The van der Waals surface area contributed by atoms with Crippen molar-refractivity contribution in [1.29, 1.82) is 0 Å². The number of amides is 1. The number of carbonyl (C=O) groups is 2. The molecule has 0 saturated heterocycles. The third-order valence-electron chi connectivity index (χ3n) is 3.65. The molecule has 2 rings (SSSR count). The van der Waals surface area contributed by atoms with Crippen LogP contribution in [0.4, 0.5) is 18.9 Å². The average molecular weight is 400 g/mol. The van der Waals surface area contributed by atoms with Crippen molar-refractivity contribution in [3.05, 3.63) is 64.7 Å². The molecule has 0 aromatic heterocycles. The van der Waals surface area contributed by atoms with Crippen LogP contribution in [0.3, 0.4) is 0 Å². The number of rotatable bonds is 6. The lowest BCUT2D eigenvalue weighted by atomic mass is 10.1. The number of hydrogen-bond donors (Lipinski definition) is 0. The summed E-state index contributed by atoms with van der Waals surface area (Å²) in [4.78, 5) is 25.7. The number of carbonyl (C=O) groups excluding carboxylic acids is 2. The maximum Gasteiger partial charge on any atom is 0.416 e. The molecular weight excluding hydrogens is 383 g/mol. The number of benzene rings is 2. The van der Waals surface area contributed by atoms with Crippen molar-refractivity contribution >= 4 is 29.2 Å². The lowest BCUT2D eigenvalue weighted by molar-refractivity contribution is -0.142. The summed E-state index contributed by atoms with van der Waals surface area (Å²) in [5.41, 5.74) is -0.387. The summed E-state index contributed by atoms with van der Waals surface area (Å²) in [6.45, 7) is 1.37. The van der Waals surface area contributed by atoms with Gasteiger partial charge in [-0.2, -0.15) is 13.2 Å². The molecule has 27 heavy (non-hydrogen) atoms. The Morgan fingerprint density at radius 3 is 2.44 bits per heavy atom. The number of halogens is 4. The lowest BCUT2D eigenvalue weighted by Crippen LogP contribution is -2.37. The molecule has 0 heterocycles. The second-order valence-corrected chi connectivity index (χ2v) is 6.02. The third kappa shape index (κ3) is 5.72. The smallest absolute Gasteiger partial charge is 0.416 e. The molecule has 0 aliphatic carbocycles. The molecule has 0 saturated carbocycles. The molecule has 0 spiro atoms. The van der Waals surface area contributed by atoms with Gasteiger partial charge >= 0.3 is 12.1 Å². The van der Waals surface area contributed by atoms with Gasteiger partial charge in [0.05, 0.1) is 29.3 Å². The van der Waals surface area contributed by atoms with Crippen LogP contribution in [0.1, 0.15) is 18.1 Å². The Bertz CT molecular complexity index is 824. The Balaban J connectivity index is 2.29. The molecule has 0 aliphatic heterocycles. The van der Waals surface area contributed by atoms with Gasteiger partial charge in [-0.1, -0.05) is 41.9 Å². The van der Waals surface area contributed by atoms with E-state index in [2.05, 4.69) is 0 Å². The summed E-state index contributed by atoms with van der Waals surface area (Å²) in [5.74, 6) is -1.22. The monoisotopic (exact) mass is 399 g/mol. The van der Waals surface area contributed by atoms with E-state index in [1.807, 2.05) is 0 Å². The normalized spacial score (nSPS) is 11.1. The highest BCUT2D eigenvalue weighted by Crippen LogP contribution is 2.30. The highest BCUT2D eigenvalue weighted by atomic mass is 35.5. The highest BCUT2D eigenvalue weighted by Gasteiger charge is 2.31. The van der Waals surface area contributed by atoms with E-state index in [1.54, 1.807) is 31.2 Å². The van der Waals surface area contributed by atoms with Crippen LogP contribution in [0, 0.1) is 0 Å². The predicted molar refractivity (Wildman–Crippen MR) is 95.6 cm³/mol. The molecule has 1 amide bonds. The minimum Gasteiger partial charge on any atom is -0.465 e. The van der Waals surface area contributed by atoms with E-state index in [4.69, 9.17) is 16.3 Å². The summed E-state index contributed by atoms with van der Waals surface area (Å²) in [5, 5.41) is 0.235. The zero-order valence-electron chi connectivity index (χ0n) is 14.4. The number of para-hydroxylation sites is 1. The van der Waals surface area contributed by atoms with Crippen LogP contribution in [0.5, 0.6) is 0 Å². The molecule has 0 N–H and O–H groups in total. The summed E-state index contributed by atoms with van der Waals surface area (Å²) in [6.07, 6.45) is -4.83. The second kappa shape index (κ2) is 8.90. The zero-order chi connectivity index (χ0) is 20.0. The molecule has 8 heteroatoms. The van der Waals surface area contributed by atoms with Crippen molar-refractivity contribution in [2.75, 3.05) is 18.1 Å². The minimum absolute atomic E-state index is 0.136. The van der Waals surface area contributed by atoms with E-state index in [1.165, 1.54) is 12.1 Å². The first kappa shape index (κ1) is 20.8. The first-order valence-corrected chi connectivity index (χ1v) is 8.46. The van der Waals surface area contributed by atoms with Crippen molar-refractivity contribution in [2.24, 2.45) is 0 Å². The summed E-state index contributed by atoms with van der Waals surface area (Å²) in [7, 11) is 0. The maximum absolute atomic E-state index is 12.9. The van der Waals surface area contributed by atoms with Crippen molar-refractivity contribution in [2.45, 2.75) is 19.5 Å². The van der Waals surface area contributed by atoms with Crippen LogP contribution in [0.15, 0.2) is 48.5 Å². The Labute approximate surface area is 159 Å². The molecular formula is C19H17ClF3NO3. The minimum atomic E-state index is -4.51. The highest BCUT2D eigenvalue weighted by molar-refractivity contribution is 6.33. The van der Waals surface area contributed by atoms with Crippen molar-refractivity contribution in [3.8, 4) is 0 Å². The van der Waals surface area contributed by atoms with Crippen LogP contribution in [0.2, 0.25) is 5.02 Å². The van der Waals surface area contributed by atoms with E-state index < -0.39 is 30.2 Å². The van der Waals surface area contributed by atoms with Crippen LogP contribution in [-0.2, 0) is 26.9 Å². The predicted octanol–water partition coefficient (Wildman–Crippen LogP) is 4.50. The maximum atomic E-state index is 12.9. The van der Waals surface area contributed by atoms with Gasteiger partial charge in [0.25, 0.3) is 0 Å². The molecule has 2 aromatic rings. The second-order valence-electron chi connectivity index (χ2n) is 5.61. The molecule has 144 valence electrons. The van der Waals surface area contributed by atoms with Gasteiger partial charge < -0.3 is 4.74 Å². The molecule has 2 aromatic carbocycles. The molecule has 0 atom stereocenters. The number of nitrogens with zero attached hydrogens (tertiary/aromatic N) is 1.